The Labute approximate surface area is 98.6 Å². The summed E-state index contributed by atoms with van der Waals surface area (Å²) < 4.78 is 5.70. The highest BCUT2D eigenvalue weighted by Gasteiger charge is 2.02. The third-order valence-corrected chi connectivity index (χ3v) is 2.66. The van der Waals surface area contributed by atoms with Crippen molar-refractivity contribution in [3.8, 4) is 0 Å². The molecule has 0 bridgehead atoms. The molecule has 0 atom stereocenters. The van der Waals surface area contributed by atoms with Gasteiger partial charge < -0.3 is 9.73 Å². The zero-order chi connectivity index (χ0) is 11.5. The van der Waals surface area contributed by atoms with Gasteiger partial charge in [-0.15, -0.1) is 0 Å². The first kappa shape index (κ1) is 10.1. The van der Waals surface area contributed by atoms with Crippen LogP contribution >= 0.6 is 0 Å². The number of hydrogen-bond donors (Lipinski definition) is 2. The predicted octanol–water partition coefficient (Wildman–Crippen LogP) is 2.45. The molecule has 0 saturated heterocycles. The van der Waals surface area contributed by atoms with Crippen LogP contribution in [-0.2, 0) is 13.1 Å². The third kappa shape index (κ3) is 2.21. The minimum Gasteiger partial charge on any atom is -0.460 e. The van der Waals surface area contributed by atoms with Gasteiger partial charge in [0, 0.05) is 23.7 Å². The Balaban J connectivity index is 1.65. The van der Waals surface area contributed by atoms with Crippen LogP contribution in [-0.4, -0.2) is 10.2 Å². The van der Waals surface area contributed by atoms with Crippen molar-refractivity contribution < 1.29 is 4.42 Å². The molecule has 0 saturated carbocycles. The van der Waals surface area contributed by atoms with Crippen LogP contribution in [0.1, 0.15) is 11.3 Å². The second-order valence-corrected chi connectivity index (χ2v) is 3.96. The lowest BCUT2D eigenvalue weighted by Gasteiger charge is -1.98. The molecule has 4 heteroatoms. The first-order valence-electron chi connectivity index (χ1n) is 5.57. The largest absolute Gasteiger partial charge is 0.460 e. The van der Waals surface area contributed by atoms with Crippen LogP contribution in [0.4, 0.5) is 0 Å². The smallest absolute Gasteiger partial charge is 0.134 e. The number of aromatic amines is 1. The van der Waals surface area contributed by atoms with Gasteiger partial charge in [0.15, 0.2) is 0 Å². The molecule has 2 aromatic heterocycles. The van der Waals surface area contributed by atoms with Gasteiger partial charge in [0.2, 0.25) is 0 Å². The van der Waals surface area contributed by atoms with Crippen LogP contribution in [0.15, 0.2) is 47.1 Å². The molecule has 0 aliphatic heterocycles. The fraction of sp³-hybridized carbons (Fsp3) is 0.154. The van der Waals surface area contributed by atoms with E-state index in [1.807, 2.05) is 30.6 Å². The van der Waals surface area contributed by atoms with E-state index in [4.69, 9.17) is 4.42 Å². The Morgan fingerprint density at radius 3 is 3.00 bits per heavy atom. The minimum absolute atomic E-state index is 0.722. The average Bonchev–Trinajstić information content (AvgIpc) is 2.96. The predicted molar refractivity (Wildman–Crippen MR) is 65.3 cm³/mol. The molecule has 3 aromatic rings. The van der Waals surface area contributed by atoms with Crippen LogP contribution in [0.5, 0.6) is 0 Å². The maximum atomic E-state index is 5.70. The summed E-state index contributed by atoms with van der Waals surface area (Å²) in [6.07, 6.45) is 3.69. The van der Waals surface area contributed by atoms with E-state index in [9.17, 15) is 0 Å². The van der Waals surface area contributed by atoms with Crippen molar-refractivity contribution in [3.63, 3.8) is 0 Å². The highest BCUT2D eigenvalue weighted by molar-refractivity contribution is 5.77. The summed E-state index contributed by atoms with van der Waals surface area (Å²) in [6, 6.07) is 10.1. The average molecular weight is 227 g/mol. The number of para-hydroxylation sites is 1. The minimum atomic E-state index is 0.722. The molecule has 3 rings (SSSR count). The van der Waals surface area contributed by atoms with Gasteiger partial charge in [-0.3, -0.25) is 5.10 Å². The Bertz CT molecular complexity index is 565. The number of nitrogens with zero attached hydrogens (tertiary/aromatic N) is 1. The lowest BCUT2D eigenvalue weighted by atomic mass is 10.2. The first-order valence-corrected chi connectivity index (χ1v) is 5.57. The Hall–Kier alpha value is -2.07. The summed E-state index contributed by atoms with van der Waals surface area (Å²) in [5.74, 6) is 0.953. The molecule has 0 aliphatic rings. The molecule has 0 amide bonds. The van der Waals surface area contributed by atoms with Crippen molar-refractivity contribution in [2.24, 2.45) is 0 Å². The molecular formula is C13H13N3O. The lowest BCUT2D eigenvalue weighted by Crippen LogP contribution is -2.11. The van der Waals surface area contributed by atoms with Gasteiger partial charge in [-0.05, 0) is 12.1 Å². The van der Waals surface area contributed by atoms with Crippen molar-refractivity contribution in [3.05, 3.63) is 54.0 Å². The quantitative estimate of drug-likeness (QED) is 0.719. The highest BCUT2D eigenvalue weighted by atomic mass is 16.3. The van der Waals surface area contributed by atoms with Gasteiger partial charge in [-0.2, -0.15) is 5.10 Å². The van der Waals surface area contributed by atoms with E-state index in [-0.39, 0.29) is 0 Å². The number of furan rings is 1. The Morgan fingerprint density at radius 1 is 1.24 bits per heavy atom. The fourth-order valence-electron chi connectivity index (χ4n) is 1.83. The highest BCUT2D eigenvalue weighted by Crippen LogP contribution is 2.18. The fourth-order valence-corrected chi connectivity index (χ4v) is 1.83. The van der Waals surface area contributed by atoms with Gasteiger partial charge in [0.05, 0.1) is 12.7 Å². The van der Waals surface area contributed by atoms with Crippen LogP contribution in [0.25, 0.3) is 11.0 Å². The molecule has 2 N–H and O–H groups in total. The summed E-state index contributed by atoms with van der Waals surface area (Å²) in [5, 5.41) is 11.1. The lowest BCUT2D eigenvalue weighted by molar-refractivity contribution is 0.514. The van der Waals surface area contributed by atoms with Crippen molar-refractivity contribution in [1.82, 2.24) is 15.5 Å². The van der Waals surface area contributed by atoms with E-state index in [0.29, 0.717) is 0 Å². The van der Waals surface area contributed by atoms with Crippen LogP contribution in [0.3, 0.4) is 0 Å². The first-order chi connectivity index (χ1) is 8.42. The zero-order valence-corrected chi connectivity index (χ0v) is 9.31. The summed E-state index contributed by atoms with van der Waals surface area (Å²) >= 11 is 0. The third-order valence-electron chi connectivity index (χ3n) is 2.66. The summed E-state index contributed by atoms with van der Waals surface area (Å²) in [4.78, 5) is 0. The number of aromatic nitrogens is 2. The summed E-state index contributed by atoms with van der Waals surface area (Å²) in [6.45, 7) is 1.51. The maximum Gasteiger partial charge on any atom is 0.134 e. The number of benzene rings is 1. The number of H-pyrrole nitrogens is 1. The van der Waals surface area contributed by atoms with Crippen LogP contribution < -0.4 is 5.32 Å². The van der Waals surface area contributed by atoms with E-state index in [2.05, 4.69) is 27.6 Å². The molecule has 0 unspecified atom stereocenters. The monoisotopic (exact) mass is 227 g/mol. The standard InChI is InChI=1S/C13H13N3O/c1-2-4-13-11(3-1)5-12(17-13)9-14-6-10-7-15-16-8-10/h1-5,7-8,14H,6,9H2,(H,15,16). The normalized spacial score (nSPS) is 11.1. The van der Waals surface area contributed by atoms with Crippen LogP contribution in [0.2, 0.25) is 0 Å². The van der Waals surface area contributed by atoms with Crippen molar-refractivity contribution in [1.29, 1.82) is 0 Å². The second-order valence-electron chi connectivity index (χ2n) is 3.96. The number of fused-ring (bicyclic) bond motifs is 1. The molecule has 4 nitrogen and oxygen atoms in total. The molecule has 0 spiro atoms. The zero-order valence-electron chi connectivity index (χ0n) is 9.31. The van der Waals surface area contributed by atoms with Crippen molar-refractivity contribution in [2.45, 2.75) is 13.1 Å². The number of rotatable bonds is 4. The maximum absolute atomic E-state index is 5.70. The van der Waals surface area contributed by atoms with Gasteiger partial charge in [0.1, 0.15) is 11.3 Å². The van der Waals surface area contributed by atoms with E-state index in [1.54, 1.807) is 0 Å². The van der Waals surface area contributed by atoms with E-state index < -0.39 is 0 Å². The van der Waals surface area contributed by atoms with E-state index >= 15 is 0 Å². The molecule has 86 valence electrons. The summed E-state index contributed by atoms with van der Waals surface area (Å²) in [7, 11) is 0. The van der Waals surface area contributed by atoms with Crippen LogP contribution in [0, 0.1) is 0 Å². The topological polar surface area (TPSA) is 53.9 Å². The number of nitrogens with one attached hydrogen (secondary N) is 2. The van der Waals surface area contributed by atoms with Crippen molar-refractivity contribution in [2.75, 3.05) is 0 Å². The van der Waals surface area contributed by atoms with Crippen molar-refractivity contribution >= 4 is 11.0 Å². The molecule has 0 aliphatic carbocycles. The Kier molecular flexibility index (Phi) is 2.63. The van der Waals surface area contributed by atoms with Gasteiger partial charge in [-0.25, -0.2) is 0 Å². The van der Waals surface area contributed by atoms with Gasteiger partial charge in [-0.1, -0.05) is 18.2 Å². The van der Waals surface area contributed by atoms with Gasteiger partial charge >= 0.3 is 0 Å². The molecule has 2 heterocycles. The molecule has 17 heavy (non-hydrogen) atoms. The molecular weight excluding hydrogens is 214 g/mol. The van der Waals surface area contributed by atoms with Gasteiger partial charge in [0.25, 0.3) is 0 Å². The molecule has 0 radical (unpaired) electrons. The molecule has 1 aromatic carbocycles. The summed E-state index contributed by atoms with van der Waals surface area (Å²) in [5.41, 5.74) is 2.08. The van der Waals surface area contributed by atoms with E-state index in [0.717, 1.165) is 35.4 Å². The second kappa shape index (κ2) is 4.43. The van der Waals surface area contributed by atoms with E-state index in [1.165, 1.54) is 0 Å². The Morgan fingerprint density at radius 2 is 2.18 bits per heavy atom. The molecule has 0 fully saturated rings. The SMILES string of the molecule is c1ccc2oc(CNCc3cn[nH]c3)cc2c1. The number of hydrogen-bond acceptors (Lipinski definition) is 3.